The number of halogens is 1. The minimum atomic E-state index is -0.323. The van der Waals surface area contributed by atoms with E-state index in [0.717, 1.165) is 26.6 Å². The van der Waals surface area contributed by atoms with Gasteiger partial charge >= 0.3 is 5.97 Å². The maximum absolute atomic E-state index is 12.7. The van der Waals surface area contributed by atoms with Crippen molar-refractivity contribution in [2.45, 2.75) is 6.54 Å². The van der Waals surface area contributed by atoms with Gasteiger partial charge in [-0.15, -0.1) is 0 Å². The molecule has 0 bridgehead atoms. The summed E-state index contributed by atoms with van der Waals surface area (Å²) in [6.45, 7) is 0.670. The molecule has 0 radical (unpaired) electrons. The van der Waals surface area contributed by atoms with Crippen molar-refractivity contribution in [2.75, 3.05) is 7.11 Å². The highest BCUT2D eigenvalue weighted by molar-refractivity contribution is 9.10. The number of hydrogen-bond acceptors (Lipinski definition) is 2. The van der Waals surface area contributed by atoms with Gasteiger partial charge in [-0.25, -0.2) is 4.79 Å². The van der Waals surface area contributed by atoms with Gasteiger partial charge in [-0.3, -0.25) is 0 Å². The summed E-state index contributed by atoms with van der Waals surface area (Å²) in [4.78, 5) is 12.7. The van der Waals surface area contributed by atoms with Crippen molar-refractivity contribution in [2.24, 2.45) is 0 Å². The van der Waals surface area contributed by atoms with Crippen LogP contribution in [0.3, 0.4) is 0 Å². The van der Waals surface area contributed by atoms with E-state index in [0.29, 0.717) is 12.1 Å². The Labute approximate surface area is 166 Å². The van der Waals surface area contributed by atoms with Crippen molar-refractivity contribution in [3.8, 4) is 11.3 Å². The van der Waals surface area contributed by atoms with E-state index < -0.39 is 0 Å². The molecule has 0 atom stereocenters. The molecule has 3 nitrogen and oxygen atoms in total. The van der Waals surface area contributed by atoms with Crippen LogP contribution in [0.5, 0.6) is 0 Å². The van der Waals surface area contributed by atoms with E-state index in [1.807, 2.05) is 66.7 Å². The lowest BCUT2D eigenvalue weighted by Gasteiger charge is -2.13. The zero-order valence-electron chi connectivity index (χ0n) is 14.9. The number of aromatic nitrogens is 1. The van der Waals surface area contributed by atoms with Crippen LogP contribution in [0.4, 0.5) is 0 Å². The van der Waals surface area contributed by atoms with Crippen LogP contribution in [0, 0.1) is 0 Å². The fourth-order valence-corrected chi connectivity index (χ4v) is 3.71. The lowest BCUT2D eigenvalue weighted by molar-refractivity contribution is 0.0603. The van der Waals surface area contributed by atoms with Gasteiger partial charge in [-0.1, -0.05) is 76.6 Å². The Morgan fingerprint density at radius 3 is 2.30 bits per heavy atom. The molecule has 4 heteroatoms. The van der Waals surface area contributed by atoms with Crippen LogP contribution >= 0.6 is 15.9 Å². The Hall–Kier alpha value is -2.85. The summed E-state index contributed by atoms with van der Waals surface area (Å²) in [5, 5.41) is 0.901. The molecule has 0 fully saturated rings. The molecule has 1 heterocycles. The number of carbonyl (C=O) groups is 1. The predicted octanol–water partition coefficient (Wildman–Crippen LogP) is 5.91. The Balaban J connectivity index is 2.03. The summed E-state index contributed by atoms with van der Waals surface area (Å²) in [6, 6.07) is 26.2. The van der Waals surface area contributed by atoms with Crippen LogP contribution in [0.15, 0.2) is 83.3 Å². The van der Waals surface area contributed by atoms with Gasteiger partial charge in [0.05, 0.1) is 18.4 Å². The molecular weight excluding hydrogens is 402 g/mol. The maximum Gasteiger partial charge on any atom is 0.340 e. The second-order valence-electron chi connectivity index (χ2n) is 6.31. The van der Waals surface area contributed by atoms with Gasteiger partial charge in [0, 0.05) is 21.9 Å². The van der Waals surface area contributed by atoms with Crippen LogP contribution in [-0.2, 0) is 11.3 Å². The van der Waals surface area contributed by atoms with Gasteiger partial charge < -0.3 is 9.30 Å². The first kappa shape index (κ1) is 17.6. The fraction of sp³-hybridized carbons (Fsp3) is 0.0870. The summed E-state index contributed by atoms with van der Waals surface area (Å²) in [5.41, 5.74) is 4.64. The molecule has 0 spiro atoms. The van der Waals surface area contributed by atoms with E-state index in [4.69, 9.17) is 4.74 Å². The lowest BCUT2D eigenvalue weighted by atomic mass is 10.1. The largest absolute Gasteiger partial charge is 0.465 e. The van der Waals surface area contributed by atoms with Crippen molar-refractivity contribution in [3.05, 3.63) is 94.5 Å². The lowest BCUT2D eigenvalue weighted by Crippen LogP contribution is -2.06. The minimum Gasteiger partial charge on any atom is -0.465 e. The van der Waals surface area contributed by atoms with Crippen molar-refractivity contribution in [3.63, 3.8) is 0 Å². The van der Waals surface area contributed by atoms with Crippen LogP contribution in [0.2, 0.25) is 0 Å². The molecule has 0 N–H and O–H groups in total. The number of esters is 1. The quantitative estimate of drug-likeness (QED) is 0.385. The van der Waals surface area contributed by atoms with E-state index in [2.05, 4.69) is 32.6 Å². The number of methoxy groups -OCH3 is 1. The number of ether oxygens (including phenoxy) is 1. The highest BCUT2D eigenvalue weighted by Gasteiger charge is 2.24. The van der Waals surface area contributed by atoms with Gasteiger partial charge in [-0.05, 0) is 29.3 Å². The number of para-hydroxylation sites is 1. The molecular formula is C23H18BrNO2. The third kappa shape index (κ3) is 3.28. The summed E-state index contributed by atoms with van der Waals surface area (Å²) < 4.78 is 8.32. The highest BCUT2D eigenvalue weighted by atomic mass is 79.9. The SMILES string of the molecule is COC(=O)c1c(-c2ccc(Br)cc2)n(Cc2ccccc2)c2ccccc12. The van der Waals surface area contributed by atoms with E-state index in [1.165, 1.54) is 12.7 Å². The zero-order chi connectivity index (χ0) is 18.8. The molecule has 3 aromatic carbocycles. The third-order valence-electron chi connectivity index (χ3n) is 4.66. The van der Waals surface area contributed by atoms with E-state index in [1.54, 1.807) is 0 Å². The summed E-state index contributed by atoms with van der Waals surface area (Å²) in [7, 11) is 1.43. The third-order valence-corrected chi connectivity index (χ3v) is 5.19. The molecule has 0 amide bonds. The smallest absolute Gasteiger partial charge is 0.340 e. The number of carbonyl (C=O) groups excluding carboxylic acids is 1. The molecule has 0 saturated heterocycles. The first-order valence-electron chi connectivity index (χ1n) is 8.68. The predicted molar refractivity (Wildman–Crippen MR) is 112 cm³/mol. The molecule has 4 aromatic rings. The van der Waals surface area contributed by atoms with Gasteiger partial charge in [0.25, 0.3) is 0 Å². The number of rotatable bonds is 4. The Kier molecular flexibility index (Phi) is 4.82. The summed E-state index contributed by atoms with van der Waals surface area (Å²) in [5.74, 6) is -0.323. The van der Waals surface area contributed by atoms with Gasteiger partial charge in [-0.2, -0.15) is 0 Å². The molecule has 134 valence electrons. The van der Waals surface area contributed by atoms with Crippen molar-refractivity contribution < 1.29 is 9.53 Å². The first-order valence-corrected chi connectivity index (χ1v) is 9.47. The van der Waals surface area contributed by atoms with Crippen LogP contribution in [0.1, 0.15) is 15.9 Å². The second kappa shape index (κ2) is 7.41. The minimum absolute atomic E-state index is 0.323. The number of hydrogen-bond donors (Lipinski definition) is 0. The Morgan fingerprint density at radius 1 is 0.926 bits per heavy atom. The molecule has 0 saturated carbocycles. The molecule has 0 unspecified atom stereocenters. The topological polar surface area (TPSA) is 31.2 Å². The molecule has 1 aromatic heterocycles. The van der Waals surface area contributed by atoms with Crippen LogP contribution < -0.4 is 0 Å². The second-order valence-corrected chi connectivity index (χ2v) is 7.23. The van der Waals surface area contributed by atoms with Gasteiger partial charge in [0.15, 0.2) is 0 Å². The average Bonchev–Trinajstić information content (AvgIpc) is 3.03. The number of fused-ring (bicyclic) bond motifs is 1. The van der Waals surface area contributed by atoms with Gasteiger partial charge in [0.1, 0.15) is 0 Å². The normalized spacial score (nSPS) is 10.9. The molecule has 0 aliphatic rings. The zero-order valence-corrected chi connectivity index (χ0v) is 16.4. The van der Waals surface area contributed by atoms with E-state index >= 15 is 0 Å². The van der Waals surface area contributed by atoms with Crippen molar-refractivity contribution >= 4 is 32.8 Å². The van der Waals surface area contributed by atoms with E-state index in [-0.39, 0.29) is 5.97 Å². The summed E-state index contributed by atoms with van der Waals surface area (Å²) in [6.07, 6.45) is 0. The molecule has 27 heavy (non-hydrogen) atoms. The number of nitrogens with zero attached hydrogens (tertiary/aromatic N) is 1. The fourth-order valence-electron chi connectivity index (χ4n) is 3.45. The van der Waals surface area contributed by atoms with Crippen LogP contribution in [0.25, 0.3) is 22.2 Å². The first-order chi connectivity index (χ1) is 13.2. The van der Waals surface area contributed by atoms with Gasteiger partial charge in [0.2, 0.25) is 0 Å². The average molecular weight is 420 g/mol. The van der Waals surface area contributed by atoms with Crippen LogP contribution in [-0.4, -0.2) is 17.6 Å². The van der Waals surface area contributed by atoms with E-state index in [9.17, 15) is 4.79 Å². The summed E-state index contributed by atoms with van der Waals surface area (Å²) >= 11 is 3.49. The standard InChI is InChI=1S/C23H18BrNO2/c1-27-23(26)21-19-9-5-6-10-20(19)25(15-16-7-3-2-4-8-16)22(21)17-11-13-18(24)14-12-17/h2-14H,15H2,1H3. The maximum atomic E-state index is 12.7. The monoisotopic (exact) mass is 419 g/mol. The van der Waals surface area contributed by atoms with Crippen molar-refractivity contribution in [1.82, 2.24) is 4.57 Å². The Bertz CT molecular complexity index is 1100. The number of benzene rings is 3. The molecule has 0 aliphatic heterocycles. The Morgan fingerprint density at radius 2 is 1.59 bits per heavy atom. The molecule has 4 rings (SSSR count). The van der Waals surface area contributed by atoms with Crippen molar-refractivity contribution in [1.29, 1.82) is 0 Å². The molecule has 0 aliphatic carbocycles. The highest BCUT2D eigenvalue weighted by Crippen LogP contribution is 2.35.